The maximum atomic E-state index is 4.92. The first kappa shape index (κ1) is 15.4. The van der Waals surface area contributed by atoms with Crippen LogP contribution in [0.25, 0.3) is 33.6 Å². The van der Waals surface area contributed by atoms with Gasteiger partial charge in [-0.3, -0.25) is 0 Å². The van der Waals surface area contributed by atoms with E-state index in [0.29, 0.717) is 0 Å². The van der Waals surface area contributed by atoms with Crippen molar-refractivity contribution in [2.45, 2.75) is 0 Å². The minimum atomic E-state index is 0.998. The maximum Gasteiger partial charge on any atom is 0.139 e. The smallest absolute Gasteiger partial charge is 0.139 e. The van der Waals surface area contributed by atoms with Gasteiger partial charge in [0.1, 0.15) is 7.85 Å². The molecule has 0 saturated carbocycles. The number of benzene rings is 3. The van der Waals surface area contributed by atoms with Gasteiger partial charge in [0.25, 0.3) is 0 Å². The Bertz CT molecular complexity index is 920. The summed E-state index contributed by atoms with van der Waals surface area (Å²) < 4.78 is 0. The lowest BCUT2D eigenvalue weighted by molar-refractivity contribution is 1.32. The molecule has 118 valence electrons. The Labute approximate surface area is 149 Å². The van der Waals surface area contributed by atoms with Crippen LogP contribution in [0.15, 0.2) is 97.1 Å². The first-order valence-corrected chi connectivity index (χ1v) is 8.49. The number of nitrogens with zero attached hydrogens (tertiary/aromatic N) is 1. The molecular formula is C23H18BN. The van der Waals surface area contributed by atoms with Crippen LogP contribution in [0.1, 0.15) is 0 Å². The highest BCUT2D eigenvalue weighted by Gasteiger charge is 2.08. The maximum absolute atomic E-state index is 4.92. The van der Waals surface area contributed by atoms with Crippen molar-refractivity contribution in [3.8, 4) is 33.6 Å². The second-order valence-corrected chi connectivity index (χ2v) is 6.22. The average molecular weight is 319 g/mol. The first-order chi connectivity index (χ1) is 12.3. The van der Waals surface area contributed by atoms with E-state index in [9.17, 15) is 0 Å². The Morgan fingerprint density at radius 2 is 0.960 bits per heavy atom. The van der Waals surface area contributed by atoms with Crippen LogP contribution in [0.3, 0.4) is 0 Å². The number of hydrogen-bond acceptors (Lipinski definition) is 1. The zero-order chi connectivity index (χ0) is 17.1. The van der Waals surface area contributed by atoms with Gasteiger partial charge in [-0.25, -0.2) is 4.98 Å². The summed E-state index contributed by atoms with van der Waals surface area (Å²) in [7, 11) is 2.11. The summed E-state index contributed by atoms with van der Waals surface area (Å²) in [5.41, 5.74) is 7.93. The largest absolute Gasteiger partial charge is 0.248 e. The lowest BCUT2D eigenvalue weighted by atomic mass is 9.93. The van der Waals surface area contributed by atoms with Crippen LogP contribution in [-0.2, 0) is 0 Å². The SMILES string of the molecule is Bc1ccc(-c2cc(-c3ccccc3)nc(-c3ccccc3)c2)cc1. The fraction of sp³-hybridized carbons (Fsp3) is 0. The van der Waals surface area contributed by atoms with Gasteiger partial charge in [-0.1, -0.05) is 90.4 Å². The lowest BCUT2D eigenvalue weighted by Gasteiger charge is -2.10. The Morgan fingerprint density at radius 1 is 0.480 bits per heavy atom. The third kappa shape index (κ3) is 3.38. The summed E-state index contributed by atoms with van der Waals surface area (Å²) in [6, 6.07) is 33.7. The molecule has 0 bridgehead atoms. The van der Waals surface area contributed by atoms with Crippen molar-refractivity contribution >= 4 is 13.3 Å². The van der Waals surface area contributed by atoms with Gasteiger partial charge in [0.2, 0.25) is 0 Å². The zero-order valence-corrected chi connectivity index (χ0v) is 14.2. The quantitative estimate of drug-likeness (QED) is 0.512. The Hall–Kier alpha value is -3.13. The van der Waals surface area contributed by atoms with Gasteiger partial charge < -0.3 is 0 Å². The van der Waals surface area contributed by atoms with Gasteiger partial charge >= 0.3 is 0 Å². The van der Waals surface area contributed by atoms with Gasteiger partial charge in [-0.05, 0) is 23.3 Å². The van der Waals surface area contributed by atoms with Crippen molar-refractivity contribution in [3.05, 3.63) is 97.1 Å². The summed E-state index contributed by atoms with van der Waals surface area (Å²) in [6.45, 7) is 0. The van der Waals surface area contributed by atoms with Crippen molar-refractivity contribution in [3.63, 3.8) is 0 Å². The molecule has 0 radical (unpaired) electrons. The molecule has 0 unspecified atom stereocenters. The van der Waals surface area contributed by atoms with Crippen LogP contribution >= 0.6 is 0 Å². The second kappa shape index (κ2) is 6.78. The van der Waals surface area contributed by atoms with E-state index in [-0.39, 0.29) is 0 Å². The monoisotopic (exact) mass is 319 g/mol. The molecule has 0 N–H and O–H groups in total. The van der Waals surface area contributed by atoms with E-state index in [1.54, 1.807) is 0 Å². The molecular weight excluding hydrogens is 301 g/mol. The molecule has 1 nitrogen and oxygen atoms in total. The van der Waals surface area contributed by atoms with E-state index >= 15 is 0 Å². The van der Waals surface area contributed by atoms with E-state index in [2.05, 4.69) is 92.8 Å². The molecule has 0 aliphatic heterocycles. The lowest BCUT2D eigenvalue weighted by Crippen LogP contribution is -1.99. The highest BCUT2D eigenvalue weighted by atomic mass is 14.7. The molecule has 4 aromatic rings. The fourth-order valence-corrected chi connectivity index (χ4v) is 2.96. The minimum absolute atomic E-state index is 0.998. The van der Waals surface area contributed by atoms with Crippen LogP contribution in [0, 0.1) is 0 Å². The fourth-order valence-electron chi connectivity index (χ4n) is 2.96. The van der Waals surface area contributed by atoms with E-state index in [1.165, 1.54) is 16.6 Å². The topological polar surface area (TPSA) is 12.9 Å². The van der Waals surface area contributed by atoms with Crippen LogP contribution in [-0.4, -0.2) is 12.8 Å². The third-order valence-corrected chi connectivity index (χ3v) is 4.35. The van der Waals surface area contributed by atoms with Crippen LogP contribution in [0.4, 0.5) is 0 Å². The molecule has 0 spiro atoms. The standard InChI is InChI=1S/C23H18BN/c24-21-13-11-17(12-14-21)20-15-22(18-7-3-1-4-8-18)25-23(16-20)19-9-5-2-6-10-19/h1-16H,24H2. The van der Waals surface area contributed by atoms with Crippen LogP contribution in [0.5, 0.6) is 0 Å². The van der Waals surface area contributed by atoms with Gasteiger partial charge in [-0.15, -0.1) is 0 Å². The third-order valence-electron chi connectivity index (χ3n) is 4.35. The first-order valence-electron chi connectivity index (χ1n) is 8.49. The summed E-state index contributed by atoms with van der Waals surface area (Å²) in [6.07, 6.45) is 0. The van der Waals surface area contributed by atoms with E-state index in [0.717, 1.165) is 22.5 Å². The molecule has 0 atom stereocenters. The van der Waals surface area contributed by atoms with Crippen LogP contribution in [0.2, 0.25) is 0 Å². The number of aromatic nitrogens is 1. The molecule has 0 aliphatic carbocycles. The molecule has 0 saturated heterocycles. The van der Waals surface area contributed by atoms with Gasteiger partial charge in [0.05, 0.1) is 11.4 Å². The minimum Gasteiger partial charge on any atom is -0.248 e. The Morgan fingerprint density at radius 3 is 1.44 bits per heavy atom. The molecule has 3 aromatic carbocycles. The molecule has 4 rings (SSSR count). The second-order valence-electron chi connectivity index (χ2n) is 6.22. The summed E-state index contributed by atoms with van der Waals surface area (Å²) in [4.78, 5) is 4.92. The van der Waals surface area contributed by atoms with Gasteiger partial charge in [-0.2, -0.15) is 0 Å². The zero-order valence-electron chi connectivity index (χ0n) is 14.2. The van der Waals surface area contributed by atoms with Crippen molar-refractivity contribution in [2.75, 3.05) is 0 Å². The highest BCUT2D eigenvalue weighted by Crippen LogP contribution is 2.29. The molecule has 0 aliphatic rings. The summed E-state index contributed by atoms with van der Waals surface area (Å²) >= 11 is 0. The molecule has 1 heterocycles. The van der Waals surface area contributed by atoms with Crippen molar-refractivity contribution < 1.29 is 0 Å². The van der Waals surface area contributed by atoms with Crippen molar-refractivity contribution in [1.29, 1.82) is 0 Å². The average Bonchev–Trinajstić information content (AvgIpc) is 2.69. The van der Waals surface area contributed by atoms with Gasteiger partial charge in [0, 0.05) is 11.1 Å². The molecule has 25 heavy (non-hydrogen) atoms. The van der Waals surface area contributed by atoms with Crippen LogP contribution < -0.4 is 5.46 Å². The van der Waals surface area contributed by atoms with Crippen molar-refractivity contribution in [1.82, 2.24) is 4.98 Å². The number of hydrogen-bond donors (Lipinski definition) is 0. The van der Waals surface area contributed by atoms with E-state index in [4.69, 9.17) is 4.98 Å². The highest BCUT2D eigenvalue weighted by molar-refractivity contribution is 6.32. The predicted octanol–water partition coefficient (Wildman–Crippen LogP) is 4.34. The number of rotatable bonds is 3. The molecule has 2 heteroatoms. The summed E-state index contributed by atoms with van der Waals surface area (Å²) in [5.74, 6) is 0. The van der Waals surface area contributed by atoms with Gasteiger partial charge in [0.15, 0.2) is 0 Å². The molecule has 1 aromatic heterocycles. The summed E-state index contributed by atoms with van der Waals surface area (Å²) in [5, 5.41) is 0. The normalized spacial score (nSPS) is 10.6. The predicted molar refractivity (Wildman–Crippen MR) is 109 cm³/mol. The Balaban J connectivity index is 1.90. The van der Waals surface area contributed by atoms with E-state index in [1.807, 2.05) is 12.1 Å². The van der Waals surface area contributed by atoms with Crippen molar-refractivity contribution in [2.24, 2.45) is 0 Å². The Kier molecular flexibility index (Phi) is 4.18. The van der Waals surface area contributed by atoms with E-state index < -0.39 is 0 Å². The number of pyridine rings is 1. The molecule has 0 amide bonds. The molecule has 0 fully saturated rings.